The van der Waals surface area contributed by atoms with E-state index in [0.29, 0.717) is 18.2 Å². The molecule has 1 aromatic carbocycles. The van der Waals surface area contributed by atoms with Gasteiger partial charge in [-0.3, -0.25) is 9.69 Å². The molecule has 1 amide bonds. The molecule has 1 fully saturated rings. The zero-order valence-corrected chi connectivity index (χ0v) is 13.9. The molecule has 2 rings (SSSR count). The van der Waals surface area contributed by atoms with E-state index in [1.165, 1.54) is 4.90 Å². The molecule has 21 heavy (non-hydrogen) atoms. The second-order valence-electron chi connectivity index (χ2n) is 5.99. The smallest absolute Gasteiger partial charge is 0.223 e. The first-order chi connectivity index (χ1) is 10.1. The first-order valence-electron chi connectivity index (χ1n) is 7.83. The van der Waals surface area contributed by atoms with Crippen LogP contribution in [0, 0.1) is 5.92 Å². The van der Waals surface area contributed by atoms with Crippen molar-refractivity contribution < 1.29 is 4.79 Å². The van der Waals surface area contributed by atoms with Gasteiger partial charge >= 0.3 is 0 Å². The van der Waals surface area contributed by atoms with Gasteiger partial charge in [0.15, 0.2) is 0 Å². The number of piperazine rings is 1. The minimum Gasteiger partial charge on any atom is -0.340 e. The van der Waals surface area contributed by atoms with Crippen molar-refractivity contribution in [2.45, 2.75) is 25.2 Å². The summed E-state index contributed by atoms with van der Waals surface area (Å²) in [6.45, 7) is 9.47. The fraction of sp³-hybridized carbons (Fsp3) is 0.588. The molecule has 0 unspecified atom stereocenters. The highest BCUT2D eigenvalue weighted by Gasteiger charge is 2.20. The Kier molecular flexibility index (Phi) is 6.58. The van der Waals surface area contributed by atoms with Gasteiger partial charge in [0.05, 0.1) is 0 Å². The molecule has 4 heteroatoms. The van der Waals surface area contributed by atoms with Gasteiger partial charge in [-0.05, 0) is 18.1 Å². The van der Waals surface area contributed by atoms with Crippen LogP contribution in [0.4, 0.5) is 0 Å². The predicted octanol–water partition coefficient (Wildman–Crippen LogP) is 2.97. The number of hydrogen-bond donors (Lipinski definition) is 0. The van der Waals surface area contributed by atoms with Gasteiger partial charge in [-0.15, -0.1) is 11.8 Å². The number of benzene rings is 1. The lowest BCUT2D eigenvalue weighted by Gasteiger charge is -2.35. The Balaban J connectivity index is 1.65. The third-order valence-corrected chi connectivity index (χ3v) is 4.69. The number of amides is 1. The summed E-state index contributed by atoms with van der Waals surface area (Å²) in [6.07, 6.45) is 0.643. The first-order valence-corrected chi connectivity index (χ1v) is 8.81. The minimum absolute atomic E-state index is 0.308. The Bertz CT molecular complexity index is 428. The van der Waals surface area contributed by atoms with Crippen molar-refractivity contribution in [2.24, 2.45) is 5.92 Å². The lowest BCUT2D eigenvalue weighted by molar-refractivity contribution is -0.132. The van der Waals surface area contributed by atoms with Crippen molar-refractivity contribution in [1.82, 2.24) is 9.80 Å². The van der Waals surface area contributed by atoms with Gasteiger partial charge in [-0.1, -0.05) is 32.0 Å². The molecule has 0 aliphatic carbocycles. The summed E-state index contributed by atoms with van der Waals surface area (Å²) in [4.78, 5) is 17.9. The Morgan fingerprint density at radius 1 is 1.14 bits per heavy atom. The van der Waals surface area contributed by atoms with Crippen molar-refractivity contribution in [3.8, 4) is 0 Å². The summed E-state index contributed by atoms with van der Waals surface area (Å²) < 4.78 is 0. The van der Waals surface area contributed by atoms with Crippen LogP contribution < -0.4 is 0 Å². The third-order valence-electron chi connectivity index (χ3n) is 3.68. The fourth-order valence-corrected chi connectivity index (χ4v) is 3.49. The summed E-state index contributed by atoms with van der Waals surface area (Å²) in [5.74, 6) is 1.88. The minimum atomic E-state index is 0.308. The molecule has 1 aliphatic rings. The Morgan fingerprint density at radius 2 is 1.81 bits per heavy atom. The zero-order valence-electron chi connectivity index (χ0n) is 13.1. The molecule has 1 aliphatic heterocycles. The molecular weight excluding hydrogens is 280 g/mol. The SMILES string of the molecule is CC(C)CN1CCN(C(=O)CCSc2ccccc2)CC1. The van der Waals surface area contributed by atoms with Crippen LogP contribution in [-0.2, 0) is 4.79 Å². The molecule has 0 atom stereocenters. The number of carbonyl (C=O) groups excluding carboxylic acids is 1. The van der Waals surface area contributed by atoms with Crippen molar-refractivity contribution in [1.29, 1.82) is 0 Å². The second-order valence-corrected chi connectivity index (χ2v) is 7.16. The van der Waals surface area contributed by atoms with Gasteiger partial charge in [-0.2, -0.15) is 0 Å². The number of nitrogens with zero attached hydrogens (tertiary/aromatic N) is 2. The van der Waals surface area contributed by atoms with Gasteiger partial charge in [0.1, 0.15) is 0 Å². The second kappa shape index (κ2) is 8.44. The van der Waals surface area contributed by atoms with Crippen LogP contribution in [-0.4, -0.2) is 54.2 Å². The summed E-state index contributed by atoms with van der Waals surface area (Å²) in [7, 11) is 0. The molecule has 1 aromatic rings. The van der Waals surface area contributed by atoms with Gasteiger partial charge in [0, 0.05) is 49.8 Å². The lowest BCUT2D eigenvalue weighted by Crippen LogP contribution is -2.49. The van der Waals surface area contributed by atoms with E-state index in [0.717, 1.165) is 38.5 Å². The van der Waals surface area contributed by atoms with E-state index in [1.54, 1.807) is 11.8 Å². The molecule has 1 saturated heterocycles. The molecule has 0 spiro atoms. The highest BCUT2D eigenvalue weighted by molar-refractivity contribution is 7.99. The molecule has 1 heterocycles. The maximum Gasteiger partial charge on any atom is 0.223 e. The standard InChI is InChI=1S/C17H26N2OS/c1-15(2)14-18-9-11-19(12-10-18)17(20)8-13-21-16-6-4-3-5-7-16/h3-7,15H,8-14H2,1-2H3. The van der Waals surface area contributed by atoms with Crippen molar-refractivity contribution in [3.05, 3.63) is 30.3 Å². The third kappa shape index (κ3) is 5.71. The van der Waals surface area contributed by atoms with E-state index < -0.39 is 0 Å². The highest BCUT2D eigenvalue weighted by atomic mass is 32.2. The van der Waals surface area contributed by atoms with Crippen LogP contribution in [0.1, 0.15) is 20.3 Å². The van der Waals surface area contributed by atoms with E-state index in [-0.39, 0.29) is 0 Å². The molecule has 0 aromatic heterocycles. The molecule has 3 nitrogen and oxygen atoms in total. The van der Waals surface area contributed by atoms with E-state index >= 15 is 0 Å². The quantitative estimate of drug-likeness (QED) is 0.755. The summed E-state index contributed by atoms with van der Waals surface area (Å²) in [6, 6.07) is 10.3. The normalized spacial score (nSPS) is 16.4. The number of carbonyl (C=O) groups is 1. The zero-order chi connectivity index (χ0) is 15.1. The van der Waals surface area contributed by atoms with Crippen LogP contribution in [0.5, 0.6) is 0 Å². The van der Waals surface area contributed by atoms with Crippen molar-refractivity contribution >= 4 is 17.7 Å². The van der Waals surface area contributed by atoms with Crippen LogP contribution >= 0.6 is 11.8 Å². The van der Waals surface area contributed by atoms with E-state index in [1.807, 2.05) is 23.1 Å². The molecular formula is C17H26N2OS. The van der Waals surface area contributed by atoms with E-state index in [2.05, 4.69) is 30.9 Å². The van der Waals surface area contributed by atoms with Gasteiger partial charge in [-0.25, -0.2) is 0 Å². The summed E-state index contributed by atoms with van der Waals surface area (Å²) in [5.41, 5.74) is 0. The topological polar surface area (TPSA) is 23.6 Å². The van der Waals surface area contributed by atoms with Crippen LogP contribution in [0.15, 0.2) is 35.2 Å². The average Bonchev–Trinajstić information content (AvgIpc) is 2.48. The lowest BCUT2D eigenvalue weighted by atomic mass is 10.2. The van der Waals surface area contributed by atoms with Gasteiger partial charge in [0.2, 0.25) is 5.91 Å². The Morgan fingerprint density at radius 3 is 2.43 bits per heavy atom. The summed E-state index contributed by atoms with van der Waals surface area (Å²) in [5, 5.41) is 0. The van der Waals surface area contributed by atoms with Gasteiger partial charge < -0.3 is 4.90 Å². The predicted molar refractivity (Wildman–Crippen MR) is 89.6 cm³/mol. The maximum atomic E-state index is 12.2. The van der Waals surface area contributed by atoms with Crippen molar-refractivity contribution in [3.63, 3.8) is 0 Å². The molecule has 0 N–H and O–H groups in total. The van der Waals surface area contributed by atoms with Crippen LogP contribution in [0.2, 0.25) is 0 Å². The molecule has 116 valence electrons. The molecule has 0 saturated carbocycles. The largest absolute Gasteiger partial charge is 0.340 e. The molecule has 0 bridgehead atoms. The Hall–Kier alpha value is -1.00. The average molecular weight is 306 g/mol. The van der Waals surface area contributed by atoms with E-state index in [4.69, 9.17) is 0 Å². The maximum absolute atomic E-state index is 12.2. The van der Waals surface area contributed by atoms with Crippen LogP contribution in [0.25, 0.3) is 0 Å². The number of rotatable bonds is 6. The Labute approximate surface area is 132 Å². The monoisotopic (exact) mass is 306 g/mol. The highest BCUT2D eigenvalue weighted by Crippen LogP contribution is 2.18. The summed E-state index contributed by atoms with van der Waals surface area (Å²) >= 11 is 1.76. The first kappa shape index (κ1) is 16.4. The van der Waals surface area contributed by atoms with Gasteiger partial charge in [0.25, 0.3) is 0 Å². The molecule has 0 radical (unpaired) electrons. The number of hydrogen-bond acceptors (Lipinski definition) is 3. The van der Waals surface area contributed by atoms with Crippen molar-refractivity contribution in [2.75, 3.05) is 38.5 Å². The van der Waals surface area contributed by atoms with Crippen LogP contribution in [0.3, 0.4) is 0 Å². The fourth-order valence-electron chi connectivity index (χ4n) is 2.63. The number of thioether (sulfide) groups is 1. The van der Waals surface area contributed by atoms with E-state index in [9.17, 15) is 4.79 Å².